The molecule has 134 valence electrons. The van der Waals surface area contributed by atoms with Gasteiger partial charge in [0.15, 0.2) is 0 Å². The lowest BCUT2D eigenvalue weighted by Gasteiger charge is -2.26. The Morgan fingerprint density at radius 1 is 1.32 bits per heavy atom. The molecule has 1 saturated heterocycles. The molecule has 2 aromatic rings. The highest BCUT2D eigenvalue weighted by molar-refractivity contribution is 7.07. The Labute approximate surface area is 153 Å². The van der Waals surface area contributed by atoms with Crippen LogP contribution in [-0.2, 0) is 11.3 Å². The molecule has 3 rings (SSSR count). The van der Waals surface area contributed by atoms with Crippen LogP contribution in [0.1, 0.15) is 36.5 Å². The summed E-state index contributed by atoms with van der Waals surface area (Å²) < 4.78 is 0. The number of nitrogens with zero attached hydrogens (tertiary/aromatic N) is 1. The quantitative estimate of drug-likeness (QED) is 0.762. The Morgan fingerprint density at radius 3 is 2.84 bits per heavy atom. The molecule has 2 heterocycles. The highest BCUT2D eigenvalue weighted by Crippen LogP contribution is 2.21. The average Bonchev–Trinajstić information content (AvgIpc) is 3.33. The Kier molecular flexibility index (Phi) is 6.62. The molecule has 4 nitrogen and oxygen atoms in total. The van der Waals surface area contributed by atoms with Gasteiger partial charge in [-0.3, -0.25) is 4.79 Å². The maximum Gasteiger partial charge on any atom is 0.222 e. The number of aliphatic hydroxyl groups is 1. The summed E-state index contributed by atoms with van der Waals surface area (Å²) in [5, 5.41) is 17.7. The Hall–Kier alpha value is -1.69. The molecule has 25 heavy (non-hydrogen) atoms. The lowest BCUT2D eigenvalue weighted by atomic mass is 10.0. The summed E-state index contributed by atoms with van der Waals surface area (Å²) in [6.07, 6.45) is 2.00. The molecule has 0 bridgehead atoms. The van der Waals surface area contributed by atoms with E-state index in [0.717, 1.165) is 37.1 Å². The molecule has 1 amide bonds. The van der Waals surface area contributed by atoms with E-state index in [-0.39, 0.29) is 5.91 Å². The summed E-state index contributed by atoms with van der Waals surface area (Å²) in [5.74, 6) is 0.731. The first-order valence-corrected chi connectivity index (χ1v) is 9.89. The van der Waals surface area contributed by atoms with Crippen molar-refractivity contribution in [3.63, 3.8) is 0 Å². The van der Waals surface area contributed by atoms with Crippen molar-refractivity contribution in [2.24, 2.45) is 5.92 Å². The summed E-state index contributed by atoms with van der Waals surface area (Å²) in [4.78, 5) is 14.6. The first kappa shape index (κ1) is 18.1. The maximum absolute atomic E-state index is 12.8. The molecule has 2 atom stereocenters. The van der Waals surface area contributed by atoms with Crippen LogP contribution in [0, 0.1) is 5.92 Å². The first-order chi connectivity index (χ1) is 12.2. The normalized spacial score (nSPS) is 18.2. The summed E-state index contributed by atoms with van der Waals surface area (Å²) in [6, 6.07) is 11.9. The number of rotatable bonds is 8. The van der Waals surface area contributed by atoms with Gasteiger partial charge in [-0.2, -0.15) is 11.3 Å². The summed E-state index contributed by atoms with van der Waals surface area (Å²) in [7, 11) is 0. The van der Waals surface area contributed by atoms with E-state index in [0.29, 0.717) is 25.4 Å². The second-order valence-corrected chi connectivity index (χ2v) is 7.51. The van der Waals surface area contributed by atoms with Gasteiger partial charge < -0.3 is 15.3 Å². The lowest BCUT2D eigenvalue weighted by molar-refractivity contribution is -0.133. The van der Waals surface area contributed by atoms with Gasteiger partial charge in [0.05, 0.1) is 12.6 Å². The number of benzene rings is 1. The van der Waals surface area contributed by atoms with E-state index in [1.165, 1.54) is 0 Å². The van der Waals surface area contributed by atoms with Crippen LogP contribution in [0.15, 0.2) is 47.2 Å². The van der Waals surface area contributed by atoms with Crippen molar-refractivity contribution in [3.8, 4) is 0 Å². The molecule has 0 spiro atoms. The molecule has 1 aromatic carbocycles. The van der Waals surface area contributed by atoms with Crippen molar-refractivity contribution in [2.45, 2.75) is 31.9 Å². The molecule has 0 aliphatic carbocycles. The van der Waals surface area contributed by atoms with Crippen LogP contribution >= 0.6 is 11.3 Å². The van der Waals surface area contributed by atoms with Crippen LogP contribution in [0.5, 0.6) is 0 Å². The van der Waals surface area contributed by atoms with E-state index in [4.69, 9.17) is 0 Å². The molecular formula is C20H26N2O2S. The highest BCUT2D eigenvalue weighted by Gasteiger charge is 2.22. The Bertz CT molecular complexity index is 639. The zero-order valence-corrected chi connectivity index (χ0v) is 15.3. The monoisotopic (exact) mass is 358 g/mol. The second-order valence-electron chi connectivity index (χ2n) is 6.73. The molecule has 2 unspecified atom stereocenters. The van der Waals surface area contributed by atoms with Gasteiger partial charge in [-0.15, -0.1) is 0 Å². The maximum atomic E-state index is 12.8. The van der Waals surface area contributed by atoms with Gasteiger partial charge in [-0.1, -0.05) is 30.3 Å². The number of aliphatic hydroxyl groups excluding tert-OH is 1. The minimum absolute atomic E-state index is 0.130. The second kappa shape index (κ2) is 9.13. The molecule has 1 aliphatic heterocycles. The van der Waals surface area contributed by atoms with Crippen LogP contribution in [0.3, 0.4) is 0 Å². The number of amides is 1. The molecule has 0 saturated carbocycles. The molecule has 5 heteroatoms. The van der Waals surface area contributed by atoms with E-state index in [9.17, 15) is 9.90 Å². The van der Waals surface area contributed by atoms with Crippen LogP contribution < -0.4 is 5.32 Å². The minimum Gasteiger partial charge on any atom is -0.387 e. The van der Waals surface area contributed by atoms with Crippen LogP contribution in [0.25, 0.3) is 0 Å². The minimum atomic E-state index is -0.632. The zero-order valence-electron chi connectivity index (χ0n) is 14.4. The molecular weight excluding hydrogens is 332 g/mol. The van der Waals surface area contributed by atoms with Crippen molar-refractivity contribution < 1.29 is 9.90 Å². The van der Waals surface area contributed by atoms with Crippen molar-refractivity contribution in [1.29, 1.82) is 0 Å². The lowest BCUT2D eigenvalue weighted by Crippen LogP contribution is -2.34. The molecule has 0 radical (unpaired) electrons. The van der Waals surface area contributed by atoms with Gasteiger partial charge in [0.25, 0.3) is 0 Å². The largest absolute Gasteiger partial charge is 0.387 e. The number of nitrogens with one attached hydrogen (secondary N) is 1. The van der Waals surface area contributed by atoms with Crippen LogP contribution in [-0.4, -0.2) is 35.5 Å². The predicted octanol–water partition coefficient (Wildman–Crippen LogP) is 3.20. The van der Waals surface area contributed by atoms with Crippen LogP contribution in [0.2, 0.25) is 0 Å². The van der Waals surface area contributed by atoms with Crippen molar-refractivity contribution in [2.75, 3.05) is 19.6 Å². The predicted molar refractivity (Wildman–Crippen MR) is 101 cm³/mol. The zero-order chi connectivity index (χ0) is 17.5. The fourth-order valence-electron chi connectivity index (χ4n) is 3.28. The van der Waals surface area contributed by atoms with E-state index in [1.807, 2.05) is 47.2 Å². The standard InChI is InChI=1S/C20H26N2O2S/c23-19(18-9-11-25-15-18)14-22(13-17-4-2-1-3-5-17)20(24)7-6-16-8-10-21-12-16/h1-5,9,11,15-16,19,21,23H,6-8,10,12-14H2. The SMILES string of the molecule is O=C(CCC1CCNC1)N(Cc1ccccc1)CC(O)c1ccsc1. The van der Waals surface area contributed by atoms with E-state index >= 15 is 0 Å². The Morgan fingerprint density at radius 2 is 2.16 bits per heavy atom. The van der Waals surface area contributed by atoms with Gasteiger partial charge in [-0.25, -0.2) is 0 Å². The van der Waals surface area contributed by atoms with Crippen molar-refractivity contribution in [3.05, 3.63) is 58.3 Å². The number of carbonyl (C=O) groups is 1. The topological polar surface area (TPSA) is 52.6 Å². The van der Waals surface area contributed by atoms with Gasteiger partial charge in [0.2, 0.25) is 5.91 Å². The third-order valence-corrected chi connectivity index (χ3v) is 5.52. The van der Waals surface area contributed by atoms with Crippen molar-refractivity contribution in [1.82, 2.24) is 10.2 Å². The van der Waals surface area contributed by atoms with Gasteiger partial charge in [0, 0.05) is 13.0 Å². The summed E-state index contributed by atoms with van der Waals surface area (Å²) >= 11 is 1.56. The fourth-order valence-corrected chi connectivity index (χ4v) is 3.99. The summed E-state index contributed by atoms with van der Waals surface area (Å²) in [6.45, 7) is 2.96. The molecule has 1 fully saturated rings. The van der Waals surface area contributed by atoms with E-state index in [2.05, 4.69) is 5.32 Å². The Balaban J connectivity index is 1.63. The number of thiophene rings is 1. The van der Waals surface area contributed by atoms with E-state index in [1.54, 1.807) is 16.2 Å². The van der Waals surface area contributed by atoms with Crippen molar-refractivity contribution >= 4 is 17.2 Å². The fraction of sp³-hybridized carbons (Fsp3) is 0.450. The number of carbonyl (C=O) groups excluding carboxylic acids is 1. The summed E-state index contributed by atoms with van der Waals surface area (Å²) in [5.41, 5.74) is 1.98. The number of hydrogen-bond acceptors (Lipinski definition) is 4. The van der Waals surface area contributed by atoms with Gasteiger partial charge in [0.1, 0.15) is 0 Å². The average molecular weight is 359 g/mol. The van der Waals surface area contributed by atoms with E-state index < -0.39 is 6.10 Å². The van der Waals surface area contributed by atoms with Crippen LogP contribution in [0.4, 0.5) is 0 Å². The smallest absolute Gasteiger partial charge is 0.222 e. The van der Waals surface area contributed by atoms with Gasteiger partial charge >= 0.3 is 0 Å². The first-order valence-electron chi connectivity index (χ1n) is 8.95. The third kappa shape index (κ3) is 5.39. The highest BCUT2D eigenvalue weighted by atomic mass is 32.1. The third-order valence-electron chi connectivity index (χ3n) is 4.82. The number of hydrogen-bond donors (Lipinski definition) is 2. The molecule has 1 aliphatic rings. The molecule has 1 aromatic heterocycles. The van der Waals surface area contributed by atoms with Gasteiger partial charge in [-0.05, 0) is 59.8 Å². The molecule has 2 N–H and O–H groups in total.